The second kappa shape index (κ2) is 4.03. The van der Waals surface area contributed by atoms with Gasteiger partial charge >= 0.3 is 0 Å². The number of carbonyl (C=O) groups is 2. The lowest BCUT2D eigenvalue weighted by Gasteiger charge is -2.23. The Morgan fingerprint density at radius 3 is 2.62 bits per heavy atom. The lowest BCUT2D eigenvalue weighted by atomic mass is 10.3. The zero-order chi connectivity index (χ0) is 11.7. The van der Waals surface area contributed by atoms with E-state index in [2.05, 4.69) is 5.10 Å². The molecule has 7 heteroatoms. The minimum atomic E-state index is -0.412. The van der Waals surface area contributed by atoms with Crippen molar-refractivity contribution in [1.82, 2.24) is 9.78 Å². The molecule has 0 atom stereocenters. The van der Waals surface area contributed by atoms with Crippen molar-refractivity contribution < 1.29 is 14.3 Å². The van der Waals surface area contributed by atoms with Crippen LogP contribution in [-0.4, -0.2) is 34.8 Å². The van der Waals surface area contributed by atoms with Gasteiger partial charge in [0.1, 0.15) is 13.2 Å². The van der Waals surface area contributed by atoms with Gasteiger partial charge in [0, 0.05) is 25.4 Å². The molecule has 2 heterocycles. The van der Waals surface area contributed by atoms with Gasteiger partial charge in [-0.05, 0) is 0 Å². The van der Waals surface area contributed by atoms with Crippen molar-refractivity contribution in [2.75, 3.05) is 18.1 Å². The van der Waals surface area contributed by atoms with E-state index in [4.69, 9.17) is 10.5 Å². The van der Waals surface area contributed by atoms with Crippen LogP contribution in [0.5, 0.6) is 0 Å². The van der Waals surface area contributed by atoms with E-state index in [0.29, 0.717) is 11.4 Å². The highest BCUT2D eigenvalue weighted by molar-refractivity contribution is 6.16. The summed E-state index contributed by atoms with van der Waals surface area (Å²) in [5, 5.41) is 4.07. The normalized spacial score (nSPS) is 17.0. The summed E-state index contributed by atoms with van der Waals surface area (Å²) in [5.74, 6) is -0.516. The first kappa shape index (κ1) is 10.8. The van der Waals surface area contributed by atoms with Gasteiger partial charge < -0.3 is 10.5 Å². The molecule has 1 aliphatic rings. The predicted octanol–water partition coefficient (Wildman–Crippen LogP) is -1.23. The molecule has 0 bridgehead atoms. The lowest BCUT2D eigenvalue weighted by Crippen LogP contribution is -2.47. The smallest absolute Gasteiger partial charge is 0.261 e. The van der Waals surface area contributed by atoms with Gasteiger partial charge in [0.15, 0.2) is 5.82 Å². The van der Waals surface area contributed by atoms with Crippen molar-refractivity contribution in [3.63, 3.8) is 0 Å². The fourth-order valence-electron chi connectivity index (χ4n) is 1.59. The Hall–Kier alpha value is -1.73. The molecule has 86 valence electrons. The number of carbonyl (C=O) groups excluding carboxylic acids is 2. The molecule has 1 saturated heterocycles. The Balaban J connectivity index is 2.40. The third-order valence-electron chi connectivity index (χ3n) is 2.26. The topological polar surface area (TPSA) is 90.5 Å². The van der Waals surface area contributed by atoms with Gasteiger partial charge in [0.05, 0.1) is 0 Å². The van der Waals surface area contributed by atoms with Crippen LogP contribution < -0.4 is 10.6 Å². The summed E-state index contributed by atoms with van der Waals surface area (Å²) in [5.41, 5.74) is 6.19. The maximum Gasteiger partial charge on any atom is 0.261 e. The number of nitrogens with zero attached hydrogens (tertiary/aromatic N) is 3. The van der Waals surface area contributed by atoms with Crippen LogP contribution in [-0.2, 0) is 27.9 Å². The Kier molecular flexibility index (Phi) is 2.71. The van der Waals surface area contributed by atoms with Crippen LogP contribution in [0.15, 0.2) is 6.20 Å². The van der Waals surface area contributed by atoms with Gasteiger partial charge in [-0.15, -0.1) is 0 Å². The van der Waals surface area contributed by atoms with Crippen molar-refractivity contribution in [3.05, 3.63) is 11.8 Å². The van der Waals surface area contributed by atoms with Crippen LogP contribution in [0.25, 0.3) is 0 Å². The van der Waals surface area contributed by atoms with Crippen molar-refractivity contribution in [3.8, 4) is 0 Å². The predicted molar refractivity (Wildman–Crippen MR) is 54.4 cm³/mol. The summed E-state index contributed by atoms with van der Waals surface area (Å²) in [6, 6.07) is 0. The molecule has 7 nitrogen and oxygen atoms in total. The van der Waals surface area contributed by atoms with Crippen molar-refractivity contribution >= 4 is 17.6 Å². The first-order chi connectivity index (χ1) is 7.63. The molecule has 1 fully saturated rings. The number of anilines is 1. The molecular formula is C9H12N4O3. The lowest BCUT2D eigenvalue weighted by molar-refractivity contribution is -0.138. The fourth-order valence-corrected chi connectivity index (χ4v) is 1.59. The maximum absolute atomic E-state index is 11.6. The summed E-state index contributed by atoms with van der Waals surface area (Å²) >= 11 is 0. The van der Waals surface area contributed by atoms with Crippen LogP contribution >= 0.6 is 0 Å². The Labute approximate surface area is 91.8 Å². The second-order valence-corrected chi connectivity index (χ2v) is 3.47. The second-order valence-electron chi connectivity index (χ2n) is 3.47. The molecule has 2 amide bonds. The summed E-state index contributed by atoms with van der Waals surface area (Å²) in [6.07, 6.45) is 1.69. The highest BCUT2D eigenvalue weighted by Crippen LogP contribution is 2.19. The van der Waals surface area contributed by atoms with E-state index in [0.717, 1.165) is 4.90 Å². The molecule has 0 saturated carbocycles. The molecule has 0 aliphatic carbocycles. The number of ether oxygens (including phenoxy) is 1. The highest BCUT2D eigenvalue weighted by atomic mass is 16.5. The summed E-state index contributed by atoms with van der Waals surface area (Å²) in [7, 11) is 1.71. The van der Waals surface area contributed by atoms with E-state index in [-0.39, 0.29) is 19.8 Å². The van der Waals surface area contributed by atoms with Crippen molar-refractivity contribution in [2.45, 2.75) is 6.54 Å². The average Bonchev–Trinajstić information content (AvgIpc) is 2.59. The zero-order valence-corrected chi connectivity index (χ0v) is 8.84. The molecule has 1 aromatic rings. The quantitative estimate of drug-likeness (QED) is 0.635. The Bertz CT molecular complexity index is 424. The van der Waals surface area contributed by atoms with Crippen LogP contribution in [0.1, 0.15) is 5.56 Å². The number of hydrogen-bond donors (Lipinski definition) is 1. The van der Waals surface area contributed by atoms with Crippen LogP contribution in [0, 0.1) is 0 Å². The van der Waals surface area contributed by atoms with E-state index in [1.54, 1.807) is 13.2 Å². The van der Waals surface area contributed by atoms with Gasteiger partial charge in [-0.25, -0.2) is 4.90 Å². The molecule has 16 heavy (non-hydrogen) atoms. The van der Waals surface area contributed by atoms with Gasteiger partial charge in [-0.3, -0.25) is 14.3 Å². The number of rotatable bonds is 2. The molecule has 1 aliphatic heterocycles. The van der Waals surface area contributed by atoms with Gasteiger partial charge in [-0.2, -0.15) is 5.10 Å². The number of aromatic nitrogens is 2. The third kappa shape index (κ3) is 1.70. The van der Waals surface area contributed by atoms with Gasteiger partial charge in [0.2, 0.25) is 0 Å². The molecule has 1 aromatic heterocycles. The monoisotopic (exact) mass is 224 g/mol. The zero-order valence-electron chi connectivity index (χ0n) is 8.84. The molecule has 2 N–H and O–H groups in total. The number of hydrogen-bond acceptors (Lipinski definition) is 5. The van der Waals surface area contributed by atoms with E-state index in [1.807, 2.05) is 0 Å². The van der Waals surface area contributed by atoms with Crippen LogP contribution in [0.4, 0.5) is 5.82 Å². The standard InChI is InChI=1S/C9H12N4O3/c1-12-3-6(2-10)9(11-12)13-7(14)4-16-5-8(13)15/h3H,2,4-5,10H2,1H3. The van der Waals surface area contributed by atoms with Crippen LogP contribution in [0.3, 0.4) is 0 Å². The maximum atomic E-state index is 11.6. The van der Waals surface area contributed by atoms with Crippen molar-refractivity contribution in [1.29, 1.82) is 0 Å². The van der Waals surface area contributed by atoms with Gasteiger partial charge in [-0.1, -0.05) is 0 Å². The van der Waals surface area contributed by atoms with E-state index in [1.165, 1.54) is 4.68 Å². The highest BCUT2D eigenvalue weighted by Gasteiger charge is 2.31. The minimum Gasteiger partial charge on any atom is -0.362 e. The van der Waals surface area contributed by atoms with Crippen molar-refractivity contribution in [2.24, 2.45) is 12.8 Å². The fraction of sp³-hybridized carbons (Fsp3) is 0.444. The van der Waals surface area contributed by atoms with Crippen LogP contribution in [0.2, 0.25) is 0 Å². The number of nitrogens with two attached hydrogens (primary N) is 1. The molecule has 0 radical (unpaired) electrons. The molecule has 0 spiro atoms. The minimum absolute atomic E-state index is 0.105. The molecule has 0 aromatic carbocycles. The number of imide groups is 1. The van der Waals surface area contributed by atoms with E-state index < -0.39 is 11.8 Å². The first-order valence-corrected chi connectivity index (χ1v) is 4.79. The average molecular weight is 224 g/mol. The molecule has 2 rings (SSSR count). The van der Waals surface area contributed by atoms with E-state index in [9.17, 15) is 9.59 Å². The largest absolute Gasteiger partial charge is 0.362 e. The third-order valence-corrected chi connectivity index (χ3v) is 2.26. The summed E-state index contributed by atoms with van der Waals surface area (Å²) in [4.78, 5) is 24.2. The first-order valence-electron chi connectivity index (χ1n) is 4.79. The Morgan fingerprint density at radius 1 is 1.44 bits per heavy atom. The number of aryl methyl sites for hydroxylation is 1. The summed E-state index contributed by atoms with van der Waals surface area (Å²) in [6.45, 7) is 0.0136. The number of amides is 2. The molecular weight excluding hydrogens is 212 g/mol. The SMILES string of the molecule is Cn1cc(CN)c(N2C(=O)COCC2=O)n1. The number of morpholine rings is 1. The molecule has 0 unspecified atom stereocenters. The van der Waals surface area contributed by atoms with E-state index >= 15 is 0 Å². The summed E-state index contributed by atoms with van der Waals surface area (Å²) < 4.78 is 6.34. The Morgan fingerprint density at radius 2 is 2.06 bits per heavy atom. The van der Waals surface area contributed by atoms with Gasteiger partial charge in [0.25, 0.3) is 11.8 Å².